The minimum Gasteiger partial charge on any atom is -0.486 e. The molecule has 0 aliphatic rings. The maximum atomic E-state index is 13.5. The first-order valence-electron chi connectivity index (χ1n) is 5.26. The topological polar surface area (TPSA) is 33.0 Å². The zero-order valence-corrected chi connectivity index (χ0v) is 10.1. The second-order valence-corrected chi connectivity index (χ2v) is 4.06. The second kappa shape index (κ2) is 5.52. The molecule has 0 N–H and O–H groups in total. The molecule has 0 fully saturated rings. The highest BCUT2D eigenvalue weighted by Gasteiger charge is 2.07. The highest BCUT2D eigenvalue weighted by molar-refractivity contribution is 6.30. The summed E-state index contributed by atoms with van der Waals surface area (Å²) in [5.74, 6) is -0.472. The molecule has 0 heterocycles. The monoisotopic (exact) mass is 261 g/mol. The Morgan fingerprint density at radius 1 is 1.22 bits per heavy atom. The molecule has 90 valence electrons. The van der Waals surface area contributed by atoms with Crippen molar-refractivity contribution in [3.63, 3.8) is 0 Å². The molecule has 0 atom stereocenters. The van der Waals surface area contributed by atoms with Gasteiger partial charge in [0, 0.05) is 0 Å². The number of hydrogen-bond acceptors (Lipinski definition) is 2. The van der Waals surface area contributed by atoms with Crippen LogP contribution in [0, 0.1) is 17.1 Å². The standard InChI is InChI=1S/C14H9ClFNO/c15-12-5-2-6-13(14(12)16)18-9-11-4-1-3-10(7-11)8-17/h1-7H,9H2. The highest BCUT2D eigenvalue weighted by atomic mass is 35.5. The first-order valence-corrected chi connectivity index (χ1v) is 5.64. The Kier molecular flexibility index (Phi) is 3.81. The quantitative estimate of drug-likeness (QED) is 0.839. The highest BCUT2D eigenvalue weighted by Crippen LogP contribution is 2.24. The van der Waals surface area contributed by atoms with Crippen LogP contribution in [0.25, 0.3) is 0 Å². The Morgan fingerprint density at radius 3 is 2.78 bits per heavy atom. The molecular formula is C14H9ClFNO. The maximum Gasteiger partial charge on any atom is 0.183 e. The summed E-state index contributed by atoms with van der Waals surface area (Å²) in [5.41, 5.74) is 1.34. The molecule has 0 spiro atoms. The Hall–Kier alpha value is -2.05. The average Bonchev–Trinajstić information content (AvgIpc) is 2.41. The number of benzene rings is 2. The number of hydrogen-bond donors (Lipinski definition) is 0. The molecular weight excluding hydrogens is 253 g/mol. The average molecular weight is 262 g/mol. The molecule has 18 heavy (non-hydrogen) atoms. The lowest BCUT2D eigenvalue weighted by atomic mass is 10.1. The molecule has 2 nitrogen and oxygen atoms in total. The molecule has 2 rings (SSSR count). The van der Waals surface area contributed by atoms with Gasteiger partial charge >= 0.3 is 0 Å². The lowest BCUT2D eigenvalue weighted by Gasteiger charge is -2.08. The van der Waals surface area contributed by atoms with Gasteiger partial charge in [-0.15, -0.1) is 0 Å². The molecule has 0 bridgehead atoms. The normalized spacial score (nSPS) is 9.83. The summed E-state index contributed by atoms with van der Waals surface area (Å²) >= 11 is 5.65. The first-order chi connectivity index (χ1) is 8.70. The predicted octanol–water partition coefficient (Wildman–Crippen LogP) is 3.93. The van der Waals surface area contributed by atoms with Crippen LogP contribution in [0.2, 0.25) is 5.02 Å². The van der Waals surface area contributed by atoms with Gasteiger partial charge in [0.2, 0.25) is 0 Å². The summed E-state index contributed by atoms with van der Waals surface area (Å²) < 4.78 is 18.9. The van der Waals surface area contributed by atoms with Gasteiger partial charge in [-0.2, -0.15) is 5.26 Å². The van der Waals surface area contributed by atoms with E-state index in [4.69, 9.17) is 21.6 Å². The van der Waals surface area contributed by atoms with Crippen molar-refractivity contribution in [1.82, 2.24) is 0 Å². The minimum atomic E-state index is -0.574. The lowest BCUT2D eigenvalue weighted by molar-refractivity contribution is 0.290. The van der Waals surface area contributed by atoms with Gasteiger partial charge in [-0.3, -0.25) is 0 Å². The van der Waals surface area contributed by atoms with E-state index < -0.39 is 5.82 Å². The fourth-order valence-electron chi connectivity index (χ4n) is 1.49. The SMILES string of the molecule is N#Cc1cccc(COc2cccc(Cl)c2F)c1. The van der Waals surface area contributed by atoms with E-state index in [-0.39, 0.29) is 17.4 Å². The van der Waals surface area contributed by atoms with Crippen LogP contribution in [-0.2, 0) is 6.61 Å². The van der Waals surface area contributed by atoms with E-state index in [1.54, 1.807) is 24.3 Å². The molecule has 0 aliphatic carbocycles. The number of ether oxygens (including phenoxy) is 1. The summed E-state index contributed by atoms with van der Waals surface area (Å²) in [7, 11) is 0. The third-order valence-electron chi connectivity index (χ3n) is 2.37. The Labute approximate surface area is 109 Å². The van der Waals surface area contributed by atoms with Crippen molar-refractivity contribution < 1.29 is 9.13 Å². The van der Waals surface area contributed by atoms with Crippen molar-refractivity contribution in [2.24, 2.45) is 0 Å². The molecule has 0 amide bonds. The summed E-state index contributed by atoms with van der Waals surface area (Å²) in [6, 6.07) is 13.6. The Balaban J connectivity index is 2.12. The van der Waals surface area contributed by atoms with Gasteiger partial charge < -0.3 is 4.74 Å². The van der Waals surface area contributed by atoms with E-state index in [1.807, 2.05) is 12.1 Å². The van der Waals surface area contributed by atoms with Gasteiger partial charge in [0.25, 0.3) is 0 Å². The number of nitrogens with zero attached hydrogens (tertiary/aromatic N) is 1. The van der Waals surface area contributed by atoms with Gasteiger partial charge in [0.15, 0.2) is 11.6 Å². The predicted molar refractivity (Wildman–Crippen MR) is 66.9 cm³/mol. The fourth-order valence-corrected chi connectivity index (χ4v) is 1.65. The van der Waals surface area contributed by atoms with E-state index >= 15 is 0 Å². The zero-order chi connectivity index (χ0) is 13.0. The smallest absolute Gasteiger partial charge is 0.183 e. The van der Waals surface area contributed by atoms with Crippen LogP contribution in [0.15, 0.2) is 42.5 Å². The van der Waals surface area contributed by atoms with E-state index in [0.29, 0.717) is 5.56 Å². The van der Waals surface area contributed by atoms with E-state index in [9.17, 15) is 4.39 Å². The number of nitriles is 1. The molecule has 2 aromatic carbocycles. The molecule has 0 unspecified atom stereocenters. The third-order valence-corrected chi connectivity index (χ3v) is 2.66. The van der Waals surface area contributed by atoms with Crippen molar-refractivity contribution in [2.75, 3.05) is 0 Å². The minimum absolute atomic E-state index is 0.0262. The summed E-state index contributed by atoms with van der Waals surface area (Å²) in [6.45, 7) is 0.187. The van der Waals surface area contributed by atoms with Crippen molar-refractivity contribution in [3.05, 3.63) is 64.4 Å². The molecule has 0 aromatic heterocycles. The maximum absolute atomic E-state index is 13.5. The Bertz CT molecular complexity index is 607. The van der Waals surface area contributed by atoms with Gasteiger partial charge in [-0.25, -0.2) is 4.39 Å². The molecule has 0 aliphatic heterocycles. The molecule has 0 radical (unpaired) electrons. The van der Waals surface area contributed by atoms with Crippen LogP contribution in [0.1, 0.15) is 11.1 Å². The largest absolute Gasteiger partial charge is 0.486 e. The van der Waals surface area contributed by atoms with Crippen LogP contribution in [0.4, 0.5) is 4.39 Å². The summed E-state index contributed by atoms with van der Waals surface area (Å²) in [4.78, 5) is 0. The number of halogens is 2. The molecule has 2 aromatic rings. The van der Waals surface area contributed by atoms with Crippen LogP contribution < -0.4 is 4.74 Å². The number of rotatable bonds is 3. The van der Waals surface area contributed by atoms with Gasteiger partial charge in [-0.1, -0.05) is 29.8 Å². The zero-order valence-electron chi connectivity index (χ0n) is 9.36. The van der Waals surface area contributed by atoms with E-state index in [2.05, 4.69) is 0 Å². The molecule has 4 heteroatoms. The van der Waals surface area contributed by atoms with Crippen molar-refractivity contribution >= 4 is 11.6 Å². The van der Waals surface area contributed by atoms with Crippen LogP contribution in [0.5, 0.6) is 5.75 Å². The Morgan fingerprint density at radius 2 is 2.00 bits per heavy atom. The third kappa shape index (κ3) is 2.79. The van der Waals surface area contributed by atoms with Gasteiger partial charge in [-0.05, 0) is 29.8 Å². The summed E-state index contributed by atoms with van der Waals surface area (Å²) in [5, 5.41) is 8.79. The van der Waals surface area contributed by atoms with Crippen LogP contribution in [-0.4, -0.2) is 0 Å². The lowest BCUT2D eigenvalue weighted by Crippen LogP contribution is -1.98. The van der Waals surface area contributed by atoms with Crippen LogP contribution >= 0.6 is 11.6 Å². The van der Waals surface area contributed by atoms with Crippen molar-refractivity contribution in [2.45, 2.75) is 6.61 Å². The van der Waals surface area contributed by atoms with Gasteiger partial charge in [0.1, 0.15) is 6.61 Å². The van der Waals surface area contributed by atoms with Gasteiger partial charge in [0.05, 0.1) is 16.7 Å². The first kappa shape index (κ1) is 12.4. The molecule has 0 saturated carbocycles. The summed E-state index contributed by atoms with van der Waals surface area (Å²) in [6.07, 6.45) is 0. The molecule has 0 saturated heterocycles. The van der Waals surface area contributed by atoms with Crippen LogP contribution in [0.3, 0.4) is 0 Å². The van der Waals surface area contributed by atoms with Crippen molar-refractivity contribution in [1.29, 1.82) is 5.26 Å². The van der Waals surface area contributed by atoms with E-state index in [0.717, 1.165) is 5.56 Å². The van der Waals surface area contributed by atoms with E-state index in [1.165, 1.54) is 12.1 Å². The van der Waals surface area contributed by atoms with Crippen molar-refractivity contribution in [3.8, 4) is 11.8 Å². The second-order valence-electron chi connectivity index (χ2n) is 3.65. The fraction of sp³-hybridized carbons (Fsp3) is 0.0714.